The summed E-state index contributed by atoms with van der Waals surface area (Å²) in [4.78, 5) is 27.3. The molecule has 0 radical (unpaired) electrons. The number of hydrogen-bond donors (Lipinski definition) is 2. The van der Waals surface area contributed by atoms with Crippen LogP contribution in [-0.4, -0.2) is 28.0 Å². The van der Waals surface area contributed by atoms with E-state index in [0.29, 0.717) is 16.9 Å². The molecule has 1 unspecified atom stereocenters. The number of ketones is 1. The fourth-order valence-electron chi connectivity index (χ4n) is 3.83. The van der Waals surface area contributed by atoms with E-state index >= 15 is 0 Å². The summed E-state index contributed by atoms with van der Waals surface area (Å²) in [6.45, 7) is 3.78. The molecule has 1 fully saturated rings. The van der Waals surface area contributed by atoms with Crippen molar-refractivity contribution in [1.29, 1.82) is 0 Å². The van der Waals surface area contributed by atoms with Gasteiger partial charge in [-0.2, -0.15) is 0 Å². The molecule has 1 aliphatic heterocycles. The van der Waals surface area contributed by atoms with Gasteiger partial charge in [-0.1, -0.05) is 12.1 Å². The minimum absolute atomic E-state index is 0.0313. The molecule has 0 spiro atoms. The van der Waals surface area contributed by atoms with Crippen molar-refractivity contribution in [2.45, 2.75) is 26.0 Å². The SMILES string of the molecule is CC(C)Oc1ccc(/C(O)=C2/C(=O)C(=O)N(c3ccc(F)cc3)C2c2cccc(O)c2)cc1. The Morgan fingerprint density at radius 3 is 2.27 bits per heavy atom. The van der Waals surface area contributed by atoms with Crippen LogP contribution in [0.2, 0.25) is 0 Å². The Labute approximate surface area is 190 Å². The topological polar surface area (TPSA) is 87.1 Å². The van der Waals surface area contributed by atoms with Crippen molar-refractivity contribution in [3.05, 3.63) is 95.3 Å². The van der Waals surface area contributed by atoms with Crippen LogP contribution in [0.25, 0.3) is 5.76 Å². The summed E-state index contributed by atoms with van der Waals surface area (Å²) in [7, 11) is 0. The van der Waals surface area contributed by atoms with Crippen LogP contribution < -0.4 is 9.64 Å². The quantitative estimate of drug-likeness (QED) is 0.329. The lowest BCUT2D eigenvalue weighted by Crippen LogP contribution is -2.29. The number of aliphatic hydroxyl groups excluding tert-OH is 1. The molecule has 33 heavy (non-hydrogen) atoms. The highest BCUT2D eigenvalue weighted by molar-refractivity contribution is 6.51. The molecule has 0 bridgehead atoms. The number of anilines is 1. The number of amides is 1. The molecule has 3 aromatic rings. The maximum atomic E-state index is 13.5. The summed E-state index contributed by atoms with van der Waals surface area (Å²) < 4.78 is 19.1. The molecule has 2 N–H and O–H groups in total. The highest BCUT2D eigenvalue weighted by Gasteiger charge is 2.47. The average molecular weight is 447 g/mol. The number of nitrogens with zero attached hydrogens (tertiary/aromatic N) is 1. The van der Waals surface area contributed by atoms with E-state index in [1.165, 1.54) is 41.3 Å². The molecular formula is C26H22FNO5. The Kier molecular flexibility index (Phi) is 5.87. The second-order valence-corrected chi connectivity index (χ2v) is 7.93. The maximum Gasteiger partial charge on any atom is 0.300 e. The van der Waals surface area contributed by atoms with Crippen molar-refractivity contribution >= 4 is 23.1 Å². The highest BCUT2D eigenvalue weighted by Crippen LogP contribution is 2.42. The lowest BCUT2D eigenvalue weighted by atomic mass is 9.95. The molecule has 3 aromatic carbocycles. The molecule has 0 aliphatic carbocycles. The summed E-state index contributed by atoms with van der Waals surface area (Å²) >= 11 is 0. The third kappa shape index (κ3) is 4.30. The van der Waals surface area contributed by atoms with E-state index in [1.54, 1.807) is 36.4 Å². The minimum Gasteiger partial charge on any atom is -0.508 e. The first-order valence-corrected chi connectivity index (χ1v) is 10.4. The van der Waals surface area contributed by atoms with Crippen LogP contribution in [0.5, 0.6) is 11.5 Å². The number of carbonyl (C=O) groups excluding carboxylic acids is 2. The van der Waals surface area contributed by atoms with Gasteiger partial charge in [0.05, 0.1) is 17.7 Å². The van der Waals surface area contributed by atoms with Crippen LogP contribution in [0, 0.1) is 5.82 Å². The first-order chi connectivity index (χ1) is 15.8. The number of hydrogen-bond acceptors (Lipinski definition) is 5. The number of benzene rings is 3. The molecule has 4 rings (SSSR count). The second kappa shape index (κ2) is 8.78. The van der Waals surface area contributed by atoms with Crippen molar-refractivity contribution < 1.29 is 28.9 Å². The number of carbonyl (C=O) groups is 2. The summed E-state index contributed by atoms with van der Waals surface area (Å²) in [5.41, 5.74) is 0.896. The Balaban J connectivity index is 1.86. The van der Waals surface area contributed by atoms with Gasteiger partial charge in [-0.3, -0.25) is 14.5 Å². The molecule has 0 aromatic heterocycles. The van der Waals surface area contributed by atoms with Gasteiger partial charge in [0.15, 0.2) is 0 Å². The largest absolute Gasteiger partial charge is 0.508 e. The van der Waals surface area contributed by atoms with E-state index in [-0.39, 0.29) is 28.9 Å². The van der Waals surface area contributed by atoms with Crippen molar-refractivity contribution in [3.8, 4) is 11.5 Å². The number of halogens is 1. The lowest BCUT2D eigenvalue weighted by molar-refractivity contribution is -0.132. The fraction of sp³-hybridized carbons (Fsp3) is 0.154. The van der Waals surface area contributed by atoms with E-state index in [4.69, 9.17) is 4.74 Å². The normalized spacial score (nSPS) is 17.6. The van der Waals surface area contributed by atoms with Crippen LogP contribution in [-0.2, 0) is 9.59 Å². The molecular weight excluding hydrogens is 425 g/mol. The van der Waals surface area contributed by atoms with Gasteiger partial charge < -0.3 is 14.9 Å². The summed E-state index contributed by atoms with van der Waals surface area (Å²) in [5, 5.41) is 21.1. The number of Topliss-reactive ketones (excluding diaryl/α,β-unsaturated/α-hetero) is 1. The molecule has 168 valence electrons. The van der Waals surface area contributed by atoms with Crippen LogP contribution in [0.3, 0.4) is 0 Å². The fourth-order valence-corrected chi connectivity index (χ4v) is 3.83. The smallest absolute Gasteiger partial charge is 0.300 e. The van der Waals surface area contributed by atoms with Gasteiger partial charge in [0.2, 0.25) is 0 Å². The van der Waals surface area contributed by atoms with Gasteiger partial charge in [0, 0.05) is 11.3 Å². The number of phenols is 1. The first-order valence-electron chi connectivity index (χ1n) is 10.4. The van der Waals surface area contributed by atoms with Crippen molar-refractivity contribution in [2.24, 2.45) is 0 Å². The predicted molar refractivity (Wildman–Crippen MR) is 121 cm³/mol. The Bertz CT molecular complexity index is 1230. The van der Waals surface area contributed by atoms with E-state index in [1.807, 2.05) is 13.8 Å². The number of aliphatic hydroxyl groups is 1. The van der Waals surface area contributed by atoms with Gasteiger partial charge in [-0.15, -0.1) is 0 Å². The Hall–Kier alpha value is -4.13. The van der Waals surface area contributed by atoms with Crippen LogP contribution in [0.4, 0.5) is 10.1 Å². The molecule has 1 amide bonds. The van der Waals surface area contributed by atoms with Gasteiger partial charge in [0.1, 0.15) is 23.1 Å². The maximum absolute atomic E-state index is 13.5. The predicted octanol–water partition coefficient (Wildman–Crippen LogP) is 4.94. The van der Waals surface area contributed by atoms with Crippen molar-refractivity contribution in [2.75, 3.05) is 4.90 Å². The van der Waals surface area contributed by atoms with E-state index < -0.39 is 23.5 Å². The van der Waals surface area contributed by atoms with Gasteiger partial charge in [-0.05, 0) is 80.1 Å². The lowest BCUT2D eigenvalue weighted by Gasteiger charge is -2.25. The number of aromatic hydroxyl groups is 1. The Morgan fingerprint density at radius 1 is 1.00 bits per heavy atom. The summed E-state index contributed by atoms with van der Waals surface area (Å²) in [6.07, 6.45) is -0.0313. The monoisotopic (exact) mass is 447 g/mol. The second-order valence-electron chi connectivity index (χ2n) is 7.93. The highest BCUT2D eigenvalue weighted by atomic mass is 19.1. The molecule has 1 aliphatic rings. The van der Waals surface area contributed by atoms with Crippen LogP contribution in [0.15, 0.2) is 78.4 Å². The zero-order valence-electron chi connectivity index (χ0n) is 18.0. The molecule has 1 saturated heterocycles. The zero-order chi connectivity index (χ0) is 23.7. The van der Waals surface area contributed by atoms with Crippen LogP contribution >= 0.6 is 0 Å². The van der Waals surface area contributed by atoms with E-state index in [9.17, 15) is 24.2 Å². The number of rotatable bonds is 5. The molecule has 6 nitrogen and oxygen atoms in total. The van der Waals surface area contributed by atoms with E-state index in [0.717, 1.165) is 0 Å². The van der Waals surface area contributed by atoms with Crippen molar-refractivity contribution in [3.63, 3.8) is 0 Å². The third-order valence-electron chi connectivity index (χ3n) is 5.23. The first kappa shape index (κ1) is 22.1. The molecule has 0 saturated carbocycles. The number of ether oxygens (including phenoxy) is 1. The molecule has 1 heterocycles. The minimum atomic E-state index is -1.02. The van der Waals surface area contributed by atoms with Gasteiger partial charge >= 0.3 is 0 Å². The zero-order valence-corrected chi connectivity index (χ0v) is 18.0. The summed E-state index contributed by atoms with van der Waals surface area (Å²) in [5.74, 6) is -2.07. The molecule has 7 heteroatoms. The van der Waals surface area contributed by atoms with E-state index in [2.05, 4.69) is 0 Å². The standard InChI is InChI=1S/C26H22FNO5/c1-15(2)33-21-12-6-16(7-13-21)24(30)22-23(17-4-3-5-20(29)14-17)28(26(32)25(22)31)19-10-8-18(27)9-11-19/h3-15,23,29-30H,1-2H3/b24-22-. The molecule has 1 atom stereocenters. The third-order valence-corrected chi connectivity index (χ3v) is 5.23. The average Bonchev–Trinajstić information content (AvgIpc) is 3.05. The van der Waals surface area contributed by atoms with Gasteiger partial charge in [-0.25, -0.2) is 4.39 Å². The Morgan fingerprint density at radius 2 is 1.67 bits per heavy atom. The summed E-state index contributed by atoms with van der Waals surface area (Å²) in [6, 6.07) is 16.7. The van der Waals surface area contributed by atoms with Crippen LogP contribution in [0.1, 0.15) is 31.0 Å². The number of phenolic OH excluding ortho intramolecular Hbond substituents is 1. The van der Waals surface area contributed by atoms with Crippen molar-refractivity contribution in [1.82, 2.24) is 0 Å². The van der Waals surface area contributed by atoms with Gasteiger partial charge in [0.25, 0.3) is 11.7 Å².